The molecule has 24 heavy (non-hydrogen) atoms. The van der Waals surface area contributed by atoms with Gasteiger partial charge in [-0.05, 0) is 24.6 Å². The molecule has 0 aliphatic heterocycles. The summed E-state index contributed by atoms with van der Waals surface area (Å²) in [5.41, 5.74) is 2.27. The average molecular weight is 318 g/mol. The van der Waals surface area contributed by atoms with E-state index in [1.54, 1.807) is 0 Å². The molecule has 0 saturated heterocycles. The molecule has 3 aromatic rings. The number of nitriles is 1. The Morgan fingerprint density at radius 1 is 1.08 bits per heavy atom. The van der Waals surface area contributed by atoms with Crippen LogP contribution in [0.25, 0.3) is 0 Å². The standard InChI is InChI=1S/C19H18N4O/c1-15(16-8-4-2-5-9-16)23-19(18(14-20)21-22-23)12-13-24-17-10-6-3-7-11-17/h2-11,15H,12-13H2,1H3. The fraction of sp³-hybridized carbons (Fsp3) is 0.211. The fourth-order valence-electron chi connectivity index (χ4n) is 2.60. The van der Waals surface area contributed by atoms with E-state index in [0.717, 1.165) is 17.0 Å². The Balaban J connectivity index is 1.77. The largest absolute Gasteiger partial charge is 0.493 e. The minimum absolute atomic E-state index is 0.00697. The highest BCUT2D eigenvalue weighted by Crippen LogP contribution is 2.20. The minimum Gasteiger partial charge on any atom is -0.493 e. The van der Waals surface area contributed by atoms with Crippen LogP contribution in [0.15, 0.2) is 60.7 Å². The summed E-state index contributed by atoms with van der Waals surface area (Å²) >= 11 is 0. The molecular formula is C19H18N4O. The second-order valence-electron chi connectivity index (χ2n) is 5.44. The topological polar surface area (TPSA) is 63.7 Å². The first-order valence-corrected chi connectivity index (χ1v) is 7.86. The summed E-state index contributed by atoms with van der Waals surface area (Å²) in [6.07, 6.45) is 0.571. The van der Waals surface area contributed by atoms with Gasteiger partial charge >= 0.3 is 0 Å². The van der Waals surface area contributed by atoms with E-state index in [-0.39, 0.29) is 6.04 Å². The van der Waals surface area contributed by atoms with E-state index < -0.39 is 0 Å². The molecule has 1 heterocycles. The Labute approximate surface area is 141 Å². The van der Waals surface area contributed by atoms with Gasteiger partial charge in [0.25, 0.3) is 0 Å². The Bertz CT molecular complexity index is 822. The molecule has 5 nitrogen and oxygen atoms in total. The van der Waals surface area contributed by atoms with Gasteiger partial charge in [0.15, 0.2) is 5.69 Å². The molecule has 0 fully saturated rings. The van der Waals surface area contributed by atoms with Gasteiger partial charge in [0.1, 0.15) is 11.8 Å². The summed E-state index contributed by atoms with van der Waals surface area (Å²) < 4.78 is 7.55. The second-order valence-corrected chi connectivity index (χ2v) is 5.44. The van der Waals surface area contributed by atoms with Crippen molar-refractivity contribution in [3.05, 3.63) is 77.6 Å². The van der Waals surface area contributed by atoms with Crippen LogP contribution in [0.4, 0.5) is 0 Å². The molecule has 0 saturated carbocycles. The van der Waals surface area contributed by atoms with Crippen molar-refractivity contribution in [2.75, 3.05) is 6.61 Å². The molecule has 0 N–H and O–H groups in total. The van der Waals surface area contributed by atoms with Crippen molar-refractivity contribution in [3.8, 4) is 11.8 Å². The number of rotatable bonds is 6. The Hall–Kier alpha value is -3.13. The summed E-state index contributed by atoms with van der Waals surface area (Å²) in [6.45, 7) is 2.51. The van der Waals surface area contributed by atoms with Crippen molar-refractivity contribution in [2.24, 2.45) is 0 Å². The first kappa shape index (κ1) is 15.8. The maximum absolute atomic E-state index is 9.29. The lowest BCUT2D eigenvalue weighted by atomic mass is 10.1. The summed E-state index contributed by atoms with van der Waals surface area (Å²) in [5.74, 6) is 0.811. The molecule has 120 valence electrons. The average Bonchev–Trinajstić information content (AvgIpc) is 3.05. The molecule has 0 bridgehead atoms. The number of nitrogens with zero attached hydrogens (tertiary/aromatic N) is 4. The van der Waals surface area contributed by atoms with E-state index in [0.29, 0.717) is 18.7 Å². The summed E-state index contributed by atoms with van der Waals surface area (Å²) in [5, 5.41) is 17.5. The lowest BCUT2D eigenvalue weighted by Crippen LogP contribution is -2.15. The molecule has 1 aromatic heterocycles. The number of aromatic nitrogens is 3. The van der Waals surface area contributed by atoms with Crippen LogP contribution in [0.1, 0.15) is 29.9 Å². The number of hydrogen-bond acceptors (Lipinski definition) is 4. The van der Waals surface area contributed by atoms with Crippen molar-refractivity contribution >= 4 is 0 Å². The van der Waals surface area contributed by atoms with E-state index in [9.17, 15) is 5.26 Å². The van der Waals surface area contributed by atoms with Gasteiger partial charge < -0.3 is 4.74 Å². The van der Waals surface area contributed by atoms with Crippen LogP contribution in [-0.4, -0.2) is 21.6 Å². The first-order chi connectivity index (χ1) is 11.8. The van der Waals surface area contributed by atoms with Crippen LogP contribution in [-0.2, 0) is 6.42 Å². The summed E-state index contributed by atoms with van der Waals surface area (Å²) in [7, 11) is 0. The molecule has 2 aromatic carbocycles. The molecule has 0 amide bonds. The van der Waals surface area contributed by atoms with Crippen LogP contribution in [0.3, 0.4) is 0 Å². The number of benzene rings is 2. The SMILES string of the molecule is CC(c1ccccc1)n1nnc(C#N)c1CCOc1ccccc1. The van der Waals surface area contributed by atoms with Gasteiger partial charge in [-0.15, -0.1) is 5.10 Å². The third-order valence-electron chi connectivity index (χ3n) is 3.90. The van der Waals surface area contributed by atoms with E-state index in [2.05, 4.69) is 16.4 Å². The number of ether oxygens (including phenoxy) is 1. The molecule has 5 heteroatoms. The lowest BCUT2D eigenvalue weighted by molar-refractivity contribution is 0.316. The van der Waals surface area contributed by atoms with Crippen molar-refractivity contribution in [2.45, 2.75) is 19.4 Å². The van der Waals surface area contributed by atoms with E-state index in [1.165, 1.54) is 0 Å². The molecule has 1 unspecified atom stereocenters. The molecule has 1 atom stereocenters. The Kier molecular flexibility index (Phi) is 4.87. The summed E-state index contributed by atoms with van der Waals surface area (Å²) in [6, 6.07) is 21.8. The number of para-hydroxylation sites is 1. The monoisotopic (exact) mass is 318 g/mol. The second kappa shape index (κ2) is 7.42. The smallest absolute Gasteiger partial charge is 0.186 e. The predicted molar refractivity (Wildman–Crippen MR) is 90.6 cm³/mol. The Morgan fingerprint density at radius 2 is 1.75 bits per heavy atom. The van der Waals surface area contributed by atoms with Crippen molar-refractivity contribution < 1.29 is 4.74 Å². The van der Waals surface area contributed by atoms with E-state index in [1.807, 2.05) is 72.3 Å². The zero-order chi connectivity index (χ0) is 16.8. The molecule has 0 aliphatic carbocycles. The van der Waals surface area contributed by atoms with Gasteiger partial charge in [-0.25, -0.2) is 4.68 Å². The summed E-state index contributed by atoms with van der Waals surface area (Å²) in [4.78, 5) is 0. The van der Waals surface area contributed by atoms with Crippen LogP contribution in [0.5, 0.6) is 5.75 Å². The van der Waals surface area contributed by atoms with E-state index >= 15 is 0 Å². The maximum atomic E-state index is 9.29. The fourth-order valence-corrected chi connectivity index (χ4v) is 2.60. The van der Waals surface area contributed by atoms with Gasteiger partial charge in [-0.2, -0.15) is 5.26 Å². The molecule has 0 aliphatic rings. The zero-order valence-corrected chi connectivity index (χ0v) is 13.5. The molecular weight excluding hydrogens is 300 g/mol. The molecule has 0 spiro atoms. The van der Waals surface area contributed by atoms with Crippen LogP contribution >= 0.6 is 0 Å². The van der Waals surface area contributed by atoms with E-state index in [4.69, 9.17) is 4.74 Å². The highest BCUT2D eigenvalue weighted by molar-refractivity contribution is 5.28. The molecule has 3 rings (SSSR count). The lowest BCUT2D eigenvalue weighted by Gasteiger charge is -2.15. The Morgan fingerprint density at radius 3 is 2.42 bits per heavy atom. The van der Waals surface area contributed by atoms with Gasteiger partial charge in [0, 0.05) is 6.42 Å². The van der Waals surface area contributed by atoms with Crippen molar-refractivity contribution in [1.29, 1.82) is 5.26 Å². The zero-order valence-electron chi connectivity index (χ0n) is 13.5. The van der Waals surface area contributed by atoms with Crippen LogP contribution < -0.4 is 4.74 Å². The third kappa shape index (κ3) is 3.44. The predicted octanol–water partition coefficient (Wildman–Crippen LogP) is 3.38. The van der Waals surface area contributed by atoms with Gasteiger partial charge in [-0.1, -0.05) is 53.7 Å². The highest BCUT2D eigenvalue weighted by atomic mass is 16.5. The van der Waals surface area contributed by atoms with Crippen molar-refractivity contribution in [3.63, 3.8) is 0 Å². The maximum Gasteiger partial charge on any atom is 0.186 e. The van der Waals surface area contributed by atoms with Crippen molar-refractivity contribution in [1.82, 2.24) is 15.0 Å². The highest BCUT2D eigenvalue weighted by Gasteiger charge is 2.18. The first-order valence-electron chi connectivity index (χ1n) is 7.86. The normalized spacial score (nSPS) is 11.7. The molecule has 0 radical (unpaired) electrons. The van der Waals surface area contributed by atoms with Crippen LogP contribution in [0.2, 0.25) is 0 Å². The van der Waals surface area contributed by atoms with Gasteiger partial charge in [0.05, 0.1) is 18.3 Å². The van der Waals surface area contributed by atoms with Gasteiger partial charge in [0.2, 0.25) is 0 Å². The van der Waals surface area contributed by atoms with Crippen LogP contribution in [0, 0.1) is 11.3 Å². The minimum atomic E-state index is 0.00697. The van der Waals surface area contributed by atoms with Gasteiger partial charge in [-0.3, -0.25) is 0 Å². The quantitative estimate of drug-likeness (QED) is 0.699. The number of hydrogen-bond donors (Lipinski definition) is 0. The third-order valence-corrected chi connectivity index (χ3v) is 3.90.